The van der Waals surface area contributed by atoms with Crippen molar-refractivity contribution in [3.63, 3.8) is 0 Å². The Morgan fingerprint density at radius 3 is 2.50 bits per heavy atom. The van der Waals surface area contributed by atoms with Crippen LogP contribution in [0.25, 0.3) is 0 Å². The standard InChI is InChI=1S/C12H18BrFN2/c1-3-8(4-2)12(16-15)10-7-9(14)5-6-11(10)13/h5-8,12,16H,3-4,15H2,1-2H3. The molecule has 0 radical (unpaired) electrons. The summed E-state index contributed by atoms with van der Waals surface area (Å²) in [5.74, 6) is 5.76. The number of rotatable bonds is 5. The van der Waals surface area contributed by atoms with Crippen LogP contribution in [-0.4, -0.2) is 0 Å². The van der Waals surface area contributed by atoms with Crippen LogP contribution in [0.2, 0.25) is 0 Å². The second-order valence-corrected chi connectivity index (χ2v) is 4.74. The molecular formula is C12H18BrFN2. The lowest BCUT2D eigenvalue weighted by atomic mass is 9.89. The zero-order chi connectivity index (χ0) is 12.1. The van der Waals surface area contributed by atoms with Gasteiger partial charge in [-0.2, -0.15) is 0 Å². The minimum atomic E-state index is -0.232. The molecule has 0 bridgehead atoms. The van der Waals surface area contributed by atoms with Crippen molar-refractivity contribution in [2.24, 2.45) is 11.8 Å². The molecule has 0 aliphatic rings. The molecule has 2 nitrogen and oxygen atoms in total. The second kappa shape index (κ2) is 6.33. The molecule has 1 rings (SSSR count). The summed E-state index contributed by atoms with van der Waals surface area (Å²) in [6, 6.07) is 4.68. The Kier molecular flexibility index (Phi) is 5.38. The molecule has 0 aromatic heterocycles. The molecule has 1 aromatic carbocycles. The van der Waals surface area contributed by atoms with Crippen LogP contribution >= 0.6 is 15.9 Å². The van der Waals surface area contributed by atoms with Crippen molar-refractivity contribution in [1.82, 2.24) is 5.43 Å². The Morgan fingerprint density at radius 2 is 2.00 bits per heavy atom. The topological polar surface area (TPSA) is 38.0 Å². The van der Waals surface area contributed by atoms with E-state index in [2.05, 4.69) is 35.2 Å². The molecule has 1 aromatic rings. The van der Waals surface area contributed by atoms with Crippen LogP contribution in [0.4, 0.5) is 4.39 Å². The van der Waals surface area contributed by atoms with Gasteiger partial charge in [-0.3, -0.25) is 11.3 Å². The van der Waals surface area contributed by atoms with E-state index in [1.165, 1.54) is 12.1 Å². The van der Waals surface area contributed by atoms with Crippen LogP contribution in [0.1, 0.15) is 38.3 Å². The van der Waals surface area contributed by atoms with E-state index >= 15 is 0 Å². The van der Waals surface area contributed by atoms with Crippen LogP contribution in [0.3, 0.4) is 0 Å². The first-order chi connectivity index (χ1) is 7.63. The molecular weight excluding hydrogens is 271 g/mol. The molecule has 0 amide bonds. The lowest BCUT2D eigenvalue weighted by Gasteiger charge is -2.25. The normalized spacial score (nSPS) is 13.1. The Morgan fingerprint density at radius 1 is 1.38 bits per heavy atom. The molecule has 1 unspecified atom stereocenters. The van der Waals surface area contributed by atoms with E-state index in [0.29, 0.717) is 5.92 Å². The van der Waals surface area contributed by atoms with Gasteiger partial charge in [-0.15, -0.1) is 0 Å². The van der Waals surface area contributed by atoms with Crippen LogP contribution in [-0.2, 0) is 0 Å². The summed E-state index contributed by atoms with van der Waals surface area (Å²) in [6.07, 6.45) is 2.02. The number of halogens is 2. The largest absolute Gasteiger partial charge is 0.271 e. The lowest BCUT2D eigenvalue weighted by molar-refractivity contribution is 0.343. The Balaban J connectivity index is 3.06. The number of hydrogen-bond donors (Lipinski definition) is 2. The van der Waals surface area contributed by atoms with Crippen molar-refractivity contribution in [3.05, 3.63) is 34.1 Å². The van der Waals surface area contributed by atoms with Crippen LogP contribution in [0, 0.1) is 11.7 Å². The van der Waals surface area contributed by atoms with Gasteiger partial charge in [-0.05, 0) is 29.7 Å². The number of hydrazine groups is 1. The van der Waals surface area contributed by atoms with Crippen LogP contribution in [0.5, 0.6) is 0 Å². The van der Waals surface area contributed by atoms with Gasteiger partial charge in [-0.1, -0.05) is 42.6 Å². The summed E-state index contributed by atoms with van der Waals surface area (Å²) in [7, 11) is 0. The predicted octanol–water partition coefficient (Wildman–Crippen LogP) is 3.53. The van der Waals surface area contributed by atoms with E-state index in [9.17, 15) is 4.39 Å². The summed E-state index contributed by atoms with van der Waals surface area (Å²) >= 11 is 3.44. The maximum atomic E-state index is 13.2. The number of nitrogens with two attached hydrogens (primary N) is 1. The third-order valence-corrected chi connectivity index (χ3v) is 3.71. The predicted molar refractivity (Wildman–Crippen MR) is 68.2 cm³/mol. The molecule has 0 aliphatic heterocycles. The molecule has 0 spiro atoms. The van der Waals surface area contributed by atoms with Gasteiger partial charge < -0.3 is 0 Å². The summed E-state index contributed by atoms with van der Waals surface area (Å²) in [5.41, 5.74) is 3.68. The quantitative estimate of drug-likeness (QED) is 0.643. The first-order valence-electron chi connectivity index (χ1n) is 5.55. The van der Waals surface area contributed by atoms with Crippen molar-refractivity contribution >= 4 is 15.9 Å². The van der Waals surface area contributed by atoms with E-state index in [0.717, 1.165) is 22.9 Å². The van der Waals surface area contributed by atoms with Gasteiger partial charge in [0.25, 0.3) is 0 Å². The van der Waals surface area contributed by atoms with Gasteiger partial charge in [0.1, 0.15) is 5.82 Å². The SMILES string of the molecule is CCC(CC)C(NN)c1cc(F)ccc1Br. The van der Waals surface area contributed by atoms with Gasteiger partial charge in [0.05, 0.1) is 0 Å². The third kappa shape index (κ3) is 3.03. The fourth-order valence-corrected chi connectivity index (χ4v) is 2.49. The monoisotopic (exact) mass is 288 g/mol. The maximum absolute atomic E-state index is 13.2. The van der Waals surface area contributed by atoms with Crippen molar-refractivity contribution in [2.45, 2.75) is 32.7 Å². The number of hydrogen-bond acceptors (Lipinski definition) is 2. The molecule has 0 aliphatic carbocycles. The Bertz CT molecular complexity index is 340. The number of nitrogens with one attached hydrogen (secondary N) is 1. The molecule has 3 N–H and O–H groups in total. The Hall–Kier alpha value is -0.450. The smallest absolute Gasteiger partial charge is 0.123 e. The van der Waals surface area contributed by atoms with Crippen LogP contribution in [0.15, 0.2) is 22.7 Å². The molecule has 0 saturated carbocycles. The fourth-order valence-electron chi connectivity index (χ4n) is 1.99. The van der Waals surface area contributed by atoms with E-state index in [4.69, 9.17) is 5.84 Å². The summed E-state index contributed by atoms with van der Waals surface area (Å²) in [6.45, 7) is 4.23. The average Bonchev–Trinajstić information content (AvgIpc) is 2.29. The average molecular weight is 289 g/mol. The first-order valence-corrected chi connectivity index (χ1v) is 6.34. The van der Waals surface area contributed by atoms with Crippen molar-refractivity contribution in [2.75, 3.05) is 0 Å². The highest BCUT2D eigenvalue weighted by atomic mass is 79.9. The minimum Gasteiger partial charge on any atom is -0.271 e. The van der Waals surface area contributed by atoms with Gasteiger partial charge in [-0.25, -0.2) is 4.39 Å². The molecule has 1 atom stereocenters. The van der Waals surface area contributed by atoms with Gasteiger partial charge in [0.15, 0.2) is 0 Å². The van der Waals surface area contributed by atoms with Crippen molar-refractivity contribution < 1.29 is 4.39 Å². The van der Waals surface area contributed by atoms with E-state index in [1.807, 2.05) is 0 Å². The second-order valence-electron chi connectivity index (χ2n) is 3.89. The highest BCUT2D eigenvalue weighted by molar-refractivity contribution is 9.10. The summed E-state index contributed by atoms with van der Waals surface area (Å²) in [4.78, 5) is 0. The van der Waals surface area contributed by atoms with Gasteiger partial charge >= 0.3 is 0 Å². The van der Waals surface area contributed by atoms with E-state index < -0.39 is 0 Å². The van der Waals surface area contributed by atoms with E-state index in [-0.39, 0.29) is 11.9 Å². The summed E-state index contributed by atoms with van der Waals surface area (Å²) < 4.78 is 14.1. The van der Waals surface area contributed by atoms with Gasteiger partial charge in [0.2, 0.25) is 0 Å². The molecule has 16 heavy (non-hydrogen) atoms. The molecule has 0 fully saturated rings. The number of benzene rings is 1. The lowest BCUT2D eigenvalue weighted by Crippen LogP contribution is -2.33. The third-order valence-electron chi connectivity index (χ3n) is 2.99. The van der Waals surface area contributed by atoms with Crippen molar-refractivity contribution in [3.8, 4) is 0 Å². The first kappa shape index (κ1) is 13.6. The molecule has 4 heteroatoms. The maximum Gasteiger partial charge on any atom is 0.123 e. The highest BCUT2D eigenvalue weighted by Gasteiger charge is 2.21. The van der Waals surface area contributed by atoms with Crippen molar-refractivity contribution in [1.29, 1.82) is 0 Å². The fraction of sp³-hybridized carbons (Fsp3) is 0.500. The summed E-state index contributed by atoms with van der Waals surface area (Å²) in [5, 5.41) is 0. The molecule has 0 saturated heterocycles. The Labute approximate surface area is 105 Å². The molecule has 90 valence electrons. The molecule has 0 heterocycles. The zero-order valence-corrected chi connectivity index (χ0v) is 11.2. The highest BCUT2D eigenvalue weighted by Crippen LogP contribution is 2.32. The van der Waals surface area contributed by atoms with Crippen LogP contribution < -0.4 is 11.3 Å². The van der Waals surface area contributed by atoms with Gasteiger partial charge in [0, 0.05) is 10.5 Å². The minimum absolute atomic E-state index is 0.0138. The zero-order valence-electron chi connectivity index (χ0n) is 9.63. The van der Waals surface area contributed by atoms with E-state index in [1.54, 1.807) is 6.07 Å².